The molecule has 0 aliphatic heterocycles. The third kappa shape index (κ3) is 3.83. The predicted octanol–water partition coefficient (Wildman–Crippen LogP) is -0.167. The second-order valence-corrected chi connectivity index (χ2v) is 8.32. The number of sulfonamides is 1. The summed E-state index contributed by atoms with van der Waals surface area (Å²) in [5.41, 5.74) is 0.995. The van der Waals surface area contributed by atoms with Crippen molar-refractivity contribution in [2.75, 3.05) is 21.1 Å². The van der Waals surface area contributed by atoms with Crippen LogP contribution in [-0.4, -0.2) is 38.4 Å². The SMILES string of the molecule is CN(C)S(=O)(=O)c1ccc(=O)n(C[NH+](C)Cc2ccsc2)c1. The number of hydrogen-bond donors (Lipinski definition) is 1. The van der Waals surface area contributed by atoms with E-state index in [0.717, 1.165) is 15.7 Å². The minimum atomic E-state index is -3.54. The number of thiophene rings is 1. The van der Waals surface area contributed by atoms with Crippen LogP contribution in [0, 0.1) is 0 Å². The summed E-state index contributed by atoms with van der Waals surface area (Å²) in [6.45, 7) is 1.19. The molecule has 1 N–H and O–H groups in total. The topological polar surface area (TPSA) is 63.8 Å². The van der Waals surface area contributed by atoms with Crippen LogP contribution < -0.4 is 10.5 Å². The monoisotopic (exact) mass is 342 g/mol. The lowest BCUT2D eigenvalue weighted by atomic mass is 10.3. The molecule has 1 unspecified atom stereocenters. The van der Waals surface area contributed by atoms with Crippen LogP contribution in [0.1, 0.15) is 5.56 Å². The van der Waals surface area contributed by atoms with Gasteiger partial charge in [-0.05, 0) is 22.9 Å². The van der Waals surface area contributed by atoms with Gasteiger partial charge in [0.2, 0.25) is 10.0 Å². The molecule has 0 fully saturated rings. The smallest absolute Gasteiger partial charge is 0.254 e. The van der Waals surface area contributed by atoms with Gasteiger partial charge in [0.1, 0.15) is 6.54 Å². The van der Waals surface area contributed by atoms with Gasteiger partial charge in [0.05, 0.1) is 11.9 Å². The van der Waals surface area contributed by atoms with E-state index < -0.39 is 10.0 Å². The van der Waals surface area contributed by atoms with Gasteiger partial charge in [-0.2, -0.15) is 11.3 Å². The summed E-state index contributed by atoms with van der Waals surface area (Å²) in [7, 11) is 1.38. The van der Waals surface area contributed by atoms with Crippen molar-refractivity contribution in [3.05, 3.63) is 51.1 Å². The molecule has 6 nitrogen and oxygen atoms in total. The Morgan fingerprint density at radius 2 is 2.00 bits per heavy atom. The van der Waals surface area contributed by atoms with Gasteiger partial charge in [-0.15, -0.1) is 0 Å². The molecule has 0 aromatic carbocycles. The third-order valence-corrected chi connectivity index (χ3v) is 5.79. The molecule has 8 heteroatoms. The Labute approximate surface area is 134 Å². The first-order valence-electron chi connectivity index (χ1n) is 6.76. The Bertz CT molecular complexity index is 780. The minimum absolute atomic E-state index is 0.125. The van der Waals surface area contributed by atoms with Crippen LogP contribution in [0.25, 0.3) is 0 Å². The van der Waals surface area contributed by atoms with Crippen molar-refractivity contribution in [1.29, 1.82) is 0 Å². The molecule has 2 heterocycles. The van der Waals surface area contributed by atoms with E-state index in [0.29, 0.717) is 6.67 Å². The standard InChI is InChI=1S/C14H19N3O3S2/c1-15(2)22(19,20)13-4-5-14(18)17(9-13)11-16(3)8-12-6-7-21-10-12/h4-7,9-10H,8,11H2,1-3H3/p+1. The molecule has 0 saturated heterocycles. The molecule has 0 radical (unpaired) electrons. The average Bonchev–Trinajstić information content (AvgIpc) is 2.93. The Morgan fingerprint density at radius 3 is 2.59 bits per heavy atom. The van der Waals surface area contributed by atoms with E-state index in [1.165, 1.54) is 42.6 Å². The molecule has 0 amide bonds. The summed E-state index contributed by atoms with van der Waals surface area (Å²) in [6, 6.07) is 4.69. The fourth-order valence-corrected chi connectivity index (χ4v) is 3.68. The fourth-order valence-electron chi connectivity index (χ4n) is 2.08. The fraction of sp³-hybridized carbons (Fsp3) is 0.357. The molecule has 1 atom stereocenters. The largest absolute Gasteiger partial charge is 0.316 e. The van der Waals surface area contributed by atoms with Crippen molar-refractivity contribution in [2.45, 2.75) is 18.1 Å². The first-order valence-corrected chi connectivity index (χ1v) is 9.14. The number of nitrogens with one attached hydrogen (secondary N) is 1. The number of rotatable bonds is 6. The molecular formula is C14H20N3O3S2+. The van der Waals surface area contributed by atoms with Crippen LogP contribution in [0.15, 0.2) is 44.8 Å². The highest BCUT2D eigenvalue weighted by molar-refractivity contribution is 7.89. The van der Waals surface area contributed by atoms with Crippen molar-refractivity contribution < 1.29 is 13.3 Å². The molecule has 0 aliphatic rings. The zero-order valence-corrected chi connectivity index (χ0v) is 14.4. The van der Waals surface area contributed by atoms with Gasteiger partial charge >= 0.3 is 0 Å². The normalized spacial score (nSPS) is 13.5. The Morgan fingerprint density at radius 1 is 1.27 bits per heavy atom. The minimum Gasteiger partial charge on any atom is -0.316 e. The van der Waals surface area contributed by atoms with Crippen LogP contribution in [0.5, 0.6) is 0 Å². The maximum atomic E-state index is 12.1. The lowest BCUT2D eigenvalue weighted by Crippen LogP contribution is -3.07. The highest BCUT2D eigenvalue weighted by atomic mass is 32.2. The summed E-state index contributed by atoms with van der Waals surface area (Å²) < 4.78 is 26.9. The van der Waals surface area contributed by atoms with Crippen molar-refractivity contribution in [3.8, 4) is 0 Å². The average molecular weight is 342 g/mol. The van der Waals surface area contributed by atoms with Gasteiger partial charge in [0.25, 0.3) is 5.56 Å². The van der Waals surface area contributed by atoms with E-state index in [2.05, 4.69) is 5.38 Å². The molecular weight excluding hydrogens is 322 g/mol. The van der Waals surface area contributed by atoms with Gasteiger partial charge in [-0.25, -0.2) is 12.7 Å². The van der Waals surface area contributed by atoms with Gasteiger partial charge in [0.15, 0.2) is 6.67 Å². The quantitative estimate of drug-likeness (QED) is 0.793. The molecule has 2 rings (SSSR count). The van der Waals surface area contributed by atoms with Crippen molar-refractivity contribution in [1.82, 2.24) is 8.87 Å². The lowest BCUT2D eigenvalue weighted by Gasteiger charge is -2.16. The van der Waals surface area contributed by atoms with Gasteiger partial charge in [-0.1, -0.05) is 0 Å². The van der Waals surface area contributed by atoms with E-state index >= 15 is 0 Å². The Hall–Kier alpha value is -1.48. The highest BCUT2D eigenvalue weighted by Crippen LogP contribution is 2.10. The van der Waals surface area contributed by atoms with Crippen LogP contribution in [0.3, 0.4) is 0 Å². The Kier molecular flexibility index (Phi) is 5.17. The van der Waals surface area contributed by atoms with Crippen LogP contribution >= 0.6 is 11.3 Å². The van der Waals surface area contributed by atoms with E-state index in [9.17, 15) is 13.2 Å². The van der Waals surface area contributed by atoms with Gasteiger partial charge < -0.3 is 4.90 Å². The van der Waals surface area contributed by atoms with Gasteiger partial charge in [-0.3, -0.25) is 9.36 Å². The van der Waals surface area contributed by atoms with Gasteiger partial charge in [0, 0.05) is 31.9 Å². The molecule has 0 aliphatic carbocycles. The van der Waals surface area contributed by atoms with E-state index in [4.69, 9.17) is 0 Å². The lowest BCUT2D eigenvalue weighted by molar-refractivity contribution is -0.917. The molecule has 2 aromatic rings. The van der Waals surface area contributed by atoms with Crippen molar-refractivity contribution in [3.63, 3.8) is 0 Å². The Balaban J connectivity index is 2.22. The number of pyridine rings is 1. The maximum absolute atomic E-state index is 12.1. The summed E-state index contributed by atoms with van der Waals surface area (Å²) in [4.78, 5) is 13.2. The van der Waals surface area contributed by atoms with Crippen molar-refractivity contribution >= 4 is 21.4 Å². The summed E-state index contributed by atoms with van der Waals surface area (Å²) in [5.74, 6) is 0. The van der Waals surface area contributed by atoms with Crippen LogP contribution in [0.2, 0.25) is 0 Å². The molecule has 120 valence electrons. The van der Waals surface area contributed by atoms with E-state index in [1.54, 1.807) is 11.3 Å². The van der Waals surface area contributed by atoms with E-state index in [1.807, 2.05) is 18.5 Å². The summed E-state index contributed by atoms with van der Waals surface area (Å²) in [5, 5.41) is 4.08. The van der Waals surface area contributed by atoms with Crippen LogP contribution in [0.4, 0.5) is 0 Å². The zero-order chi connectivity index (χ0) is 16.3. The number of hydrogen-bond acceptors (Lipinski definition) is 4. The highest BCUT2D eigenvalue weighted by Gasteiger charge is 2.18. The molecule has 2 aromatic heterocycles. The number of aromatic nitrogens is 1. The second-order valence-electron chi connectivity index (χ2n) is 5.38. The predicted molar refractivity (Wildman–Crippen MR) is 86.5 cm³/mol. The first-order chi connectivity index (χ1) is 10.3. The molecule has 22 heavy (non-hydrogen) atoms. The zero-order valence-electron chi connectivity index (χ0n) is 12.8. The first kappa shape index (κ1) is 16.9. The molecule has 0 bridgehead atoms. The number of quaternary nitrogens is 1. The maximum Gasteiger partial charge on any atom is 0.254 e. The second kappa shape index (κ2) is 6.74. The number of nitrogens with zero attached hydrogens (tertiary/aromatic N) is 2. The van der Waals surface area contributed by atoms with Crippen molar-refractivity contribution in [2.24, 2.45) is 0 Å². The summed E-state index contributed by atoms with van der Waals surface area (Å²) >= 11 is 1.63. The summed E-state index contributed by atoms with van der Waals surface area (Å²) in [6.07, 6.45) is 1.41. The van der Waals surface area contributed by atoms with E-state index in [-0.39, 0.29) is 10.5 Å². The molecule has 0 saturated carbocycles. The van der Waals surface area contributed by atoms with Crippen LogP contribution in [-0.2, 0) is 23.2 Å². The third-order valence-electron chi connectivity index (χ3n) is 3.26. The molecule has 0 spiro atoms.